The second-order valence-electron chi connectivity index (χ2n) is 7.70. The summed E-state index contributed by atoms with van der Waals surface area (Å²) in [4.78, 5) is 10.7. The van der Waals surface area contributed by atoms with Gasteiger partial charge < -0.3 is 30.0 Å². The van der Waals surface area contributed by atoms with Gasteiger partial charge in [0.25, 0.3) is 0 Å². The van der Waals surface area contributed by atoms with Gasteiger partial charge in [0.05, 0.1) is 18.3 Å². The molecular weight excluding hydrogens is 411 g/mol. The van der Waals surface area contributed by atoms with E-state index in [9.17, 15) is 25.2 Å². The quantitative estimate of drug-likeness (QED) is 0.239. The molecule has 3 rings (SSSR count). The van der Waals surface area contributed by atoms with Crippen LogP contribution in [-0.2, 0) is 11.2 Å². The topological polar surface area (TPSA) is 110 Å². The summed E-state index contributed by atoms with van der Waals surface area (Å²) in [5.74, 6) is 4.87. The molecule has 0 spiro atoms. The van der Waals surface area contributed by atoms with Crippen LogP contribution >= 0.6 is 0 Å². The first kappa shape index (κ1) is 25.6. The largest absolute Gasteiger partial charge is 1.00 e. The Morgan fingerprint density at radius 1 is 1.40 bits per heavy atom. The molecule has 0 aromatic heterocycles. The molecule has 1 saturated carbocycles. The van der Waals surface area contributed by atoms with Crippen LogP contribution in [0.15, 0.2) is 30.4 Å². The average Bonchev–Trinajstić information content (AvgIpc) is 3.19. The van der Waals surface area contributed by atoms with Crippen molar-refractivity contribution < 1.29 is 81.3 Å². The van der Waals surface area contributed by atoms with Crippen molar-refractivity contribution in [3.05, 3.63) is 41.5 Å². The maximum absolute atomic E-state index is 10.7. The van der Waals surface area contributed by atoms with Gasteiger partial charge in [-0.2, -0.15) is 0 Å². The summed E-state index contributed by atoms with van der Waals surface area (Å²) in [5, 5.41) is 41.3. The molecule has 2 aliphatic rings. The predicted octanol–water partition coefficient (Wildman–Crippen LogP) is -2.32. The van der Waals surface area contributed by atoms with Crippen LogP contribution in [0.1, 0.15) is 49.7 Å². The number of carbonyl (C=O) groups is 1. The summed E-state index contributed by atoms with van der Waals surface area (Å²) < 4.78 is 6.14. The number of carboxylic acid groups (broad SMARTS) is 1. The summed E-state index contributed by atoms with van der Waals surface area (Å²) in [5.41, 5.74) is 1.96. The third-order valence-corrected chi connectivity index (χ3v) is 5.73. The Bertz CT molecular complexity index is 827. The summed E-state index contributed by atoms with van der Waals surface area (Å²) >= 11 is 0. The zero-order valence-electron chi connectivity index (χ0n) is 17.5. The number of aliphatic hydroxyl groups excluding tert-OH is 3. The van der Waals surface area contributed by atoms with Gasteiger partial charge in [-0.3, -0.25) is 0 Å². The second-order valence-corrected chi connectivity index (χ2v) is 7.70. The van der Waals surface area contributed by atoms with E-state index >= 15 is 0 Å². The molecule has 1 aromatic rings. The summed E-state index contributed by atoms with van der Waals surface area (Å²) in [6, 6.07) is 5.83. The van der Waals surface area contributed by atoms with E-state index in [4.69, 9.17) is 4.74 Å². The van der Waals surface area contributed by atoms with Crippen molar-refractivity contribution in [3.8, 4) is 17.6 Å². The van der Waals surface area contributed by atoms with Crippen LogP contribution in [0.3, 0.4) is 0 Å². The molecule has 7 heteroatoms. The van der Waals surface area contributed by atoms with Crippen LogP contribution in [0.25, 0.3) is 0 Å². The van der Waals surface area contributed by atoms with Crippen LogP contribution in [0.5, 0.6) is 5.75 Å². The molecule has 0 amide bonds. The number of fused-ring (bicyclic) bond motifs is 3. The zero-order chi connectivity index (χ0) is 21.0. The summed E-state index contributed by atoms with van der Waals surface area (Å²) in [6.45, 7) is 1.67. The molecule has 156 valence electrons. The van der Waals surface area contributed by atoms with Gasteiger partial charge in [0, 0.05) is 36.2 Å². The number of carboxylic acids is 1. The van der Waals surface area contributed by atoms with Crippen LogP contribution < -0.4 is 61.2 Å². The fourth-order valence-corrected chi connectivity index (χ4v) is 4.29. The first-order valence-electron chi connectivity index (χ1n) is 10.0. The number of aryl methyl sites for hydroxylation is 1. The third-order valence-electron chi connectivity index (χ3n) is 5.73. The van der Waals surface area contributed by atoms with Crippen LogP contribution in [0.2, 0.25) is 0 Å². The molecule has 1 aliphatic heterocycles. The van der Waals surface area contributed by atoms with Crippen LogP contribution in [0.4, 0.5) is 0 Å². The van der Waals surface area contributed by atoms with E-state index < -0.39 is 24.3 Å². The van der Waals surface area contributed by atoms with E-state index in [1.807, 2.05) is 18.2 Å². The van der Waals surface area contributed by atoms with Crippen molar-refractivity contribution in [2.24, 2.45) is 5.92 Å². The molecule has 3 N–H and O–H groups in total. The molecule has 6 atom stereocenters. The van der Waals surface area contributed by atoms with Gasteiger partial charge >= 0.3 is 51.4 Å². The van der Waals surface area contributed by atoms with Gasteiger partial charge in [-0.15, -0.1) is 11.8 Å². The van der Waals surface area contributed by atoms with Gasteiger partial charge in [0.15, 0.2) is 0 Å². The van der Waals surface area contributed by atoms with Gasteiger partial charge in [-0.05, 0) is 31.7 Å². The first-order chi connectivity index (χ1) is 13.9. The van der Waals surface area contributed by atoms with Crippen molar-refractivity contribution in [3.63, 3.8) is 0 Å². The monoisotopic (exact) mass is 438 g/mol. The van der Waals surface area contributed by atoms with Gasteiger partial charge in [0.1, 0.15) is 11.9 Å². The Labute approximate surface area is 219 Å². The molecule has 1 heterocycles. The second kappa shape index (κ2) is 11.8. The number of rotatable bonds is 8. The fourth-order valence-electron chi connectivity index (χ4n) is 4.29. The van der Waals surface area contributed by atoms with Gasteiger partial charge in [-0.25, -0.2) is 0 Å². The van der Waals surface area contributed by atoms with Crippen molar-refractivity contribution in [1.29, 1.82) is 0 Å². The molecule has 0 saturated heterocycles. The smallest absolute Gasteiger partial charge is 0.550 e. The van der Waals surface area contributed by atoms with Crippen molar-refractivity contribution in [2.45, 2.75) is 69.4 Å². The van der Waals surface area contributed by atoms with E-state index in [1.54, 1.807) is 13.0 Å². The van der Waals surface area contributed by atoms with Crippen molar-refractivity contribution >= 4 is 5.97 Å². The number of benzene rings is 1. The minimum absolute atomic E-state index is 0. The third kappa shape index (κ3) is 5.96. The van der Waals surface area contributed by atoms with Crippen LogP contribution in [0, 0.1) is 17.8 Å². The molecule has 6 nitrogen and oxygen atoms in total. The zero-order valence-corrected chi connectivity index (χ0v) is 20.6. The normalized spacial score (nSPS) is 26.0. The number of ether oxygens (including phenoxy) is 1. The number of para-hydroxylation sites is 1. The molecular formula is C23H27KO6. The Balaban J connectivity index is 0.00000320. The molecule has 0 bridgehead atoms. The number of carbonyl (C=O) groups excluding carboxylic acids is 1. The summed E-state index contributed by atoms with van der Waals surface area (Å²) in [6.07, 6.45) is 2.23. The molecule has 1 aliphatic carbocycles. The van der Waals surface area contributed by atoms with Crippen molar-refractivity contribution in [2.75, 3.05) is 0 Å². The van der Waals surface area contributed by atoms with E-state index in [2.05, 4.69) is 11.8 Å². The Hall–Kier alpha value is -0.694. The maximum Gasteiger partial charge on any atom is 1.00 e. The molecule has 30 heavy (non-hydrogen) atoms. The van der Waals surface area contributed by atoms with Crippen molar-refractivity contribution in [1.82, 2.24) is 0 Å². The number of hydrogen-bond acceptors (Lipinski definition) is 6. The fraction of sp³-hybridized carbons (Fsp3) is 0.522. The molecule has 0 radical (unpaired) electrons. The Morgan fingerprint density at radius 3 is 2.87 bits per heavy atom. The minimum Gasteiger partial charge on any atom is -0.550 e. The Morgan fingerprint density at radius 2 is 2.17 bits per heavy atom. The molecule has 1 aromatic carbocycles. The number of aliphatic hydroxyl groups is 3. The van der Waals surface area contributed by atoms with Gasteiger partial charge in [0.2, 0.25) is 0 Å². The first-order valence-corrected chi connectivity index (χ1v) is 10.0. The van der Waals surface area contributed by atoms with Gasteiger partial charge in [-0.1, -0.05) is 30.4 Å². The standard InChI is InChI=1S/C23H28O6.K/c1-2-3-9-17(24)18(25)12-11-15-19(26)13-20-22(15)16-8-4-6-14(23(16)29-20)7-5-10-21(27)28;/h4,6,8,11-12,15,17-20,22,24-26H,5,7,9-10,13H2,1H3,(H,27,28);/q;+1/p-1/b12-11+;/t15-,17-,18+,19+,20-,22-;/m0./s1. The van der Waals surface area contributed by atoms with E-state index in [0.29, 0.717) is 19.3 Å². The molecule has 0 unspecified atom stereocenters. The number of hydrogen-bond donors (Lipinski definition) is 3. The van der Waals surface area contributed by atoms with E-state index in [-0.39, 0.29) is 82.2 Å². The predicted molar refractivity (Wildman–Crippen MR) is 105 cm³/mol. The maximum atomic E-state index is 10.7. The van der Waals surface area contributed by atoms with E-state index in [0.717, 1.165) is 16.9 Å². The number of aliphatic carboxylic acids is 1. The van der Waals surface area contributed by atoms with E-state index in [1.165, 1.54) is 6.08 Å². The Kier molecular flexibility index (Phi) is 10.0. The molecule has 1 fully saturated rings. The summed E-state index contributed by atoms with van der Waals surface area (Å²) in [7, 11) is 0. The van der Waals surface area contributed by atoms with Crippen LogP contribution in [-0.4, -0.2) is 45.7 Å². The average molecular weight is 439 g/mol. The minimum atomic E-state index is -1.06. The SMILES string of the molecule is CC#CC[C@H](O)[C@H](O)/C=C/[C@@H]1[C@H]2c3cccc(CCCC(=O)[O-])c3O[C@H]2C[C@H]1O.[K+].